The molecule has 168 valence electrons. The van der Waals surface area contributed by atoms with Gasteiger partial charge in [0.1, 0.15) is 23.3 Å². The first kappa shape index (κ1) is 20.9. The molecule has 3 heterocycles. The Labute approximate surface area is 189 Å². The van der Waals surface area contributed by atoms with Crippen LogP contribution in [0.4, 0.5) is 25.1 Å². The molecule has 0 atom stereocenters. The van der Waals surface area contributed by atoms with E-state index in [2.05, 4.69) is 15.3 Å². The highest BCUT2D eigenvalue weighted by atomic mass is 19.1. The van der Waals surface area contributed by atoms with Gasteiger partial charge in [-0.2, -0.15) is 5.26 Å². The van der Waals surface area contributed by atoms with Gasteiger partial charge in [-0.1, -0.05) is 6.07 Å². The number of hydrogen-bond donors (Lipinski definition) is 1. The Hall–Kier alpha value is -3.93. The normalized spacial score (nSPS) is 15.9. The maximum absolute atomic E-state index is 13.9. The van der Waals surface area contributed by atoms with Gasteiger partial charge in [0.2, 0.25) is 0 Å². The molecule has 0 saturated carbocycles. The summed E-state index contributed by atoms with van der Waals surface area (Å²) in [5.41, 5.74) is 2.35. The Morgan fingerprint density at radius 1 is 1.09 bits per heavy atom. The topological polar surface area (TPSA) is 77.2 Å². The van der Waals surface area contributed by atoms with E-state index in [1.165, 1.54) is 22.9 Å². The second-order valence-electron chi connectivity index (χ2n) is 8.26. The maximum atomic E-state index is 13.9. The van der Waals surface area contributed by atoms with E-state index in [1.807, 2.05) is 12.1 Å². The van der Waals surface area contributed by atoms with E-state index in [9.17, 15) is 18.8 Å². The molecular weight excluding hydrogens is 426 g/mol. The highest BCUT2D eigenvalue weighted by molar-refractivity contribution is 5.88. The van der Waals surface area contributed by atoms with Gasteiger partial charge in [-0.05, 0) is 55.2 Å². The van der Waals surface area contributed by atoms with Crippen molar-refractivity contribution in [3.05, 3.63) is 71.4 Å². The van der Waals surface area contributed by atoms with Gasteiger partial charge in [-0.3, -0.25) is 5.32 Å². The number of anilines is 2. The number of benzene rings is 2. The van der Waals surface area contributed by atoms with Crippen molar-refractivity contribution in [1.29, 1.82) is 5.26 Å². The molecule has 33 heavy (non-hydrogen) atoms. The predicted octanol–water partition coefficient (Wildman–Crippen LogP) is 4.08. The van der Waals surface area contributed by atoms with Gasteiger partial charge in [-0.15, -0.1) is 5.10 Å². The number of fused-ring (bicyclic) bond motifs is 1. The molecule has 7 nitrogen and oxygen atoms in total. The zero-order valence-corrected chi connectivity index (χ0v) is 17.8. The van der Waals surface area contributed by atoms with Crippen LogP contribution in [-0.4, -0.2) is 46.4 Å². The zero-order chi connectivity index (χ0) is 22.9. The Morgan fingerprint density at radius 3 is 2.70 bits per heavy atom. The number of carbonyl (C=O) groups is 1. The molecule has 2 aliphatic rings. The van der Waals surface area contributed by atoms with Crippen LogP contribution < -0.4 is 10.2 Å². The van der Waals surface area contributed by atoms with Gasteiger partial charge in [0.05, 0.1) is 5.69 Å². The van der Waals surface area contributed by atoms with Crippen molar-refractivity contribution in [3.63, 3.8) is 0 Å². The van der Waals surface area contributed by atoms with Crippen molar-refractivity contribution in [2.24, 2.45) is 0 Å². The molecule has 2 aliphatic heterocycles. The van der Waals surface area contributed by atoms with Crippen molar-refractivity contribution >= 4 is 17.5 Å². The zero-order valence-electron chi connectivity index (χ0n) is 17.8. The lowest BCUT2D eigenvalue weighted by molar-refractivity contribution is 0.193. The number of rotatable bonds is 3. The van der Waals surface area contributed by atoms with Crippen LogP contribution in [0.5, 0.6) is 0 Å². The molecule has 0 bridgehead atoms. The van der Waals surface area contributed by atoms with Crippen molar-refractivity contribution in [1.82, 2.24) is 14.7 Å². The minimum Gasteiger partial charge on any atom is -0.368 e. The summed E-state index contributed by atoms with van der Waals surface area (Å²) < 4.78 is 28.7. The van der Waals surface area contributed by atoms with Gasteiger partial charge in [0.25, 0.3) is 0 Å². The lowest BCUT2D eigenvalue weighted by Gasteiger charge is -2.38. The Balaban J connectivity index is 1.20. The molecule has 0 radical (unpaired) electrons. The van der Waals surface area contributed by atoms with Crippen molar-refractivity contribution in [2.45, 2.75) is 25.3 Å². The number of carbonyl (C=O) groups excluding carboxylic acids is 1. The lowest BCUT2D eigenvalue weighted by Crippen LogP contribution is -2.47. The smallest absolute Gasteiger partial charge is 0.323 e. The summed E-state index contributed by atoms with van der Waals surface area (Å²) in [6.45, 7) is 2.08. The first-order chi connectivity index (χ1) is 16.0. The van der Waals surface area contributed by atoms with Crippen molar-refractivity contribution in [2.75, 3.05) is 29.9 Å². The molecule has 5 rings (SSSR count). The first-order valence-electron chi connectivity index (χ1n) is 10.9. The number of nitrogens with zero attached hydrogens (tertiary/aromatic N) is 5. The van der Waals surface area contributed by atoms with Gasteiger partial charge in [0, 0.05) is 43.6 Å². The van der Waals surface area contributed by atoms with Crippen LogP contribution in [0.2, 0.25) is 0 Å². The largest absolute Gasteiger partial charge is 0.368 e. The minimum absolute atomic E-state index is 0.105. The molecule has 2 aromatic carbocycles. The summed E-state index contributed by atoms with van der Waals surface area (Å²) >= 11 is 0. The summed E-state index contributed by atoms with van der Waals surface area (Å²) in [6, 6.07) is 12.8. The number of hydrogen-bond acceptors (Lipinski definition) is 4. The molecule has 1 fully saturated rings. The van der Waals surface area contributed by atoms with Crippen LogP contribution in [0.1, 0.15) is 24.0 Å². The number of urea groups is 1. The molecule has 2 amide bonds. The maximum Gasteiger partial charge on any atom is 0.323 e. The Morgan fingerprint density at radius 2 is 1.91 bits per heavy atom. The van der Waals surface area contributed by atoms with E-state index in [1.54, 1.807) is 29.3 Å². The average Bonchev–Trinajstić information content (AvgIpc) is 3.45. The second kappa shape index (κ2) is 8.54. The van der Waals surface area contributed by atoms with E-state index in [0.717, 1.165) is 37.1 Å². The number of nitrogens with one attached hydrogen (secondary N) is 1. The SMILES string of the molecule is N#Cc1c(F)cccc1-n1ccc(NC(=O)N2CCC(N3CCc4cc(F)ccc43)CC2)n1. The highest BCUT2D eigenvalue weighted by Crippen LogP contribution is 2.33. The molecule has 3 aromatic rings. The Kier molecular flexibility index (Phi) is 5.42. The molecule has 0 unspecified atom stereocenters. The molecule has 1 N–H and O–H groups in total. The van der Waals surface area contributed by atoms with Crippen LogP contribution in [0.25, 0.3) is 5.69 Å². The number of likely N-dealkylation sites (tertiary alicyclic amines) is 1. The third-order valence-electron chi connectivity index (χ3n) is 6.34. The van der Waals surface area contributed by atoms with E-state index < -0.39 is 5.82 Å². The number of amides is 2. The van der Waals surface area contributed by atoms with E-state index in [4.69, 9.17) is 0 Å². The van der Waals surface area contributed by atoms with Crippen LogP contribution in [0.3, 0.4) is 0 Å². The number of aromatic nitrogens is 2. The Bertz CT molecular complexity index is 1240. The number of piperidine rings is 1. The highest BCUT2D eigenvalue weighted by Gasteiger charge is 2.31. The van der Waals surface area contributed by atoms with E-state index in [0.29, 0.717) is 30.6 Å². The lowest BCUT2D eigenvalue weighted by atomic mass is 10.0. The van der Waals surface area contributed by atoms with Gasteiger partial charge in [0.15, 0.2) is 5.82 Å². The quantitative estimate of drug-likeness (QED) is 0.655. The summed E-state index contributed by atoms with van der Waals surface area (Å²) in [4.78, 5) is 16.8. The van der Waals surface area contributed by atoms with Crippen LogP contribution in [0.15, 0.2) is 48.7 Å². The summed E-state index contributed by atoms with van der Waals surface area (Å²) in [5.74, 6) is -0.499. The molecule has 1 saturated heterocycles. The molecule has 0 aliphatic carbocycles. The standard InChI is InChI=1S/C24H22F2N6O/c25-17-4-5-21-16(14-17)6-12-31(21)18-7-10-30(11-8-18)24(33)28-23-9-13-32(29-23)22-3-1-2-20(26)19(22)15-27/h1-5,9,13-14,18H,6-8,10-12H2,(H,28,29,33). The van der Waals surface area contributed by atoms with Crippen LogP contribution >= 0.6 is 0 Å². The van der Waals surface area contributed by atoms with Gasteiger partial charge >= 0.3 is 6.03 Å². The predicted molar refractivity (Wildman–Crippen MR) is 119 cm³/mol. The van der Waals surface area contributed by atoms with E-state index in [-0.39, 0.29) is 17.4 Å². The fourth-order valence-electron chi connectivity index (χ4n) is 4.68. The minimum atomic E-state index is -0.621. The average molecular weight is 448 g/mol. The molecule has 1 aromatic heterocycles. The fourth-order valence-corrected chi connectivity index (χ4v) is 4.68. The summed E-state index contributed by atoms with van der Waals surface area (Å²) in [7, 11) is 0. The third kappa shape index (κ3) is 4.00. The summed E-state index contributed by atoms with van der Waals surface area (Å²) in [6.07, 6.45) is 4.07. The second-order valence-corrected chi connectivity index (χ2v) is 8.26. The van der Waals surface area contributed by atoms with Crippen LogP contribution in [0, 0.1) is 23.0 Å². The van der Waals surface area contributed by atoms with Crippen molar-refractivity contribution in [3.8, 4) is 11.8 Å². The van der Waals surface area contributed by atoms with E-state index >= 15 is 0 Å². The summed E-state index contributed by atoms with van der Waals surface area (Å²) in [5, 5.41) is 16.3. The fraction of sp³-hybridized carbons (Fsp3) is 0.292. The monoisotopic (exact) mass is 448 g/mol. The first-order valence-corrected chi connectivity index (χ1v) is 10.9. The molecule has 0 spiro atoms. The van der Waals surface area contributed by atoms with Gasteiger partial charge in [-0.25, -0.2) is 18.3 Å². The number of halogens is 2. The van der Waals surface area contributed by atoms with Crippen LogP contribution in [-0.2, 0) is 6.42 Å². The third-order valence-corrected chi connectivity index (χ3v) is 6.34. The van der Waals surface area contributed by atoms with Crippen molar-refractivity contribution < 1.29 is 13.6 Å². The molecule has 9 heteroatoms. The van der Waals surface area contributed by atoms with Gasteiger partial charge < -0.3 is 9.80 Å². The molecular formula is C24H22F2N6O. The number of nitriles is 1.